The number of ether oxygens (including phenoxy) is 2. The normalized spacial score (nSPS) is 23.0. The number of nitrogens with one attached hydrogen (secondary N) is 1. The standard InChI is InChI=1S/C29H37N7O3S/c1-17(20-8-6-13-36(20)2)38-23-15-22(32-12-14-37-3)33-28(34-23)25-18-7-4-10-29(26(18)39-35-25)11-5-9-21-24(29)19(16-30)27(31)40-21/h15,17,20H,4-14,31H2,1-3H3,(H,32,33,34)/t17-,20-,29-/m0/s1. The maximum absolute atomic E-state index is 10.0. The second kappa shape index (κ2) is 11.0. The fourth-order valence-corrected chi connectivity index (χ4v) is 8.14. The molecule has 0 aromatic carbocycles. The summed E-state index contributed by atoms with van der Waals surface area (Å²) >= 11 is 1.55. The zero-order valence-electron chi connectivity index (χ0n) is 23.5. The summed E-state index contributed by atoms with van der Waals surface area (Å²) in [6.07, 6.45) is 7.81. The SMILES string of the molecule is COCCNc1cc(O[C@@H](C)[C@@H]2CCCN2C)nc(-c2noc3c2CCC[C@@]32CCCc3sc(N)c(C#N)c32)n1. The van der Waals surface area contributed by atoms with E-state index < -0.39 is 0 Å². The van der Waals surface area contributed by atoms with Gasteiger partial charge in [-0.1, -0.05) is 5.16 Å². The number of hydrogen-bond donors (Lipinski definition) is 2. The van der Waals surface area contributed by atoms with Crippen molar-refractivity contribution in [2.24, 2.45) is 0 Å². The van der Waals surface area contributed by atoms with Crippen LogP contribution in [0.3, 0.4) is 0 Å². The summed E-state index contributed by atoms with van der Waals surface area (Å²) in [6.45, 7) is 4.34. The Labute approximate surface area is 238 Å². The maximum Gasteiger partial charge on any atom is 0.219 e. The molecule has 1 fully saturated rings. The summed E-state index contributed by atoms with van der Waals surface area (Å²) in [6, 6.07) is 4.58. The average Bonchev–Trinajstić information content (AvgIpc) is 3.66. The third kappa shape index (κ3) is 4.62. The van der Waals surface area contributed by atoms with Crippen LogP contribution in [-0.4, -0.2) is 66.0 Å². The van der Waals surface area contributed by atoms with Crippen LogP contribution in [0.2, 0.25) is 0 Å². The molecule has 0 amide bonds. The van der Waals surface area contributed by atoms with E-state index in [1.54, 1.807) is 18.4 Å². The van der Waals surface area contributed by atoms with Gasteiger partial charge in [0.15, 0.2) is 17.3 Å². The first-order valence-electron chi connectivity index (χ1n) is 14.2. The zero-order valence-corrected chi connectivity index (χ0v) is 24.3. The van der Waals surface area contributed by atoms with Crippen LogP contribution in [0.15, 0.2) is 10.6 Å². The quantitative estimate of drug-likeness (QED) is 0.376. The van der Waals surface area contributed by atoms with Crippen molar-refractivity contribution in [1.82, 2.24) is 20.0 Å². The molecule has 10 nitrogen and oxygen atoms in total. The molecule has 0 radical (unpaired) electrons. The molecule has 212 valence electrons. The van der Waals surface area contributed by atoms with E-state index in [9.17, 15) is 5.26 Å². The molecule has 3 N–H and O–H groups in total. The highest BCUT2D eigenvalue weighted by Gasteiger charge is 2.48. The van der Waals surface area contributed by atoms with Gasteiger partial charge in [-0.05, 0) is 77.4 Å². The minimum absolute atomic E-state index is 0.0225. The van der Waals surface area contributed by atoms with E-state index in [0.29, 0.717) is 53.0 Å². The lowest BCUT2D eigenvalue weighted by molar-refractivity contribution is 0.117. The van der Waals surface area contributed by atoms with Gasteiger partial charge in [0.25, 0.3) is 0 Å². The van der Waals surface area contributed by atoms with Crippen molar-refractivity contribution in [2.75, 3.05) is 44.9 Å². The summed E-state index contributed by atoms with van der Waals surface area (Å²) in [4.78, 5) is 13.2. The summed E-state index contributed by atoms with van der Waals surface area (Å²) in [5, 5.41) is 18.5. The number of fused-ring (bicyclic) bond motifs is 4. The highest BCUT2D eigenvalue weighted by Crippen LogP contribution is 2.55. The van der Waals surface area contributed by atoms with Crippen molar-refractivity contribution in [3.63, 3.8) is 0 Å². The van der Waals surface area contributed by atoms with Crippen LogP contribution >= 0.6 is 11.3 Å². The van der Waals surface area contributed by atoms with Gasteiger partial charge in [0.2, 0.25) is 5.88 Å². The van der Waals surface area contributed by atoms with Gasteiger partial charge in [-0.3, -0.25) is 4.90 Å². The molecule has 2 aliphatic carbocycles. The highest BCUT2D eigenvalue weighted by atomic mass is 32.1. The molecule has 1 aliphatic heterocycles. The maximum atomic E-state index is 10.0. The Bertz CT molecular complexity index is 1430. The summed E-state index contributed by atoms with van der Waals surface area (Å²) in [7, 11) is 3.82. The molecule has 3 atom stereocenters. The predicted molar refractivity (Wildman–Crippen MR) is 154 cm³/mol. The van der Waals surface area contributed by atoms with Crippen LogP contribution in [0, 0.1) is 11.3 Å². The second-order valence-electron chi connectivity index (χ2n) is 11.2. The van der Waals surface area contributed by atoms with Gasteiger partial charge in [0.1, 0.15) is 23.0 Å². The first-order valence-corrected chi connectivity index (χ1v) is 15.1. The largest absolute Gasteiger partial charge is 0.473 e. The first kappa shape index (κ1) is 27.0. The van der Waals surface area contributed by atoms with E-state index in [2.05, 4.69) is 35.4 Å². The first-order chi connectivity index (χ1) is 19.4. The van der Waals surface area contributed by atoms with Gasteiger partial charge in [-0.2, -0.15) is 10.2 Å². The number of nitriles is 1. The molecular weight excluding hydrogens is 526 g/mol. The Morgan fingerprint density at radius 3 is 2.88 bits per heavy atom. The van der Waals surface area contributed by atoms with Crippen LogP contribution in [-0.2, 0) is 23.0 Å². The Hall–Kier alpha value is -3.20. The monoisotopic (exact) mass is 563 g/mol. The van der Waals surface area contributed by atoms with Gasteiger partial charge in [0.05, 0.1) is 17.6 Å². The van der Waals surface area contributed by atoms with Crippen LogP contribution in [0.5, 0.6) is 5.88 Å². The van der Waals surface area contributed by atoms with Crippen molar-refractivity contribution in [3.05, 3.63) is 33.4 Å². The average molecular weight is 564 g/mol. The molecule has 4 heterocycles. The lowest BCUT2D eigenvalue weighted by Crippen LogP contribution is -2.38. The minimum atomic E-state index is -0.388. The van der Waals surface area contributed by atoms with E-state index in [1.165, 1.54) is 11.3 Å². The Balaban J connectivity index is 1.40. The van der Waals surface area contributed by atoms with Crippen molar-refractivity contribution < 1.29 is 14.0 Å². The third-order valence-electron chi connectivity index (χ3n) is 8.81. The third-order valence-corrected chi connectivity index (χ3v) is 9.89. The van der Waals surface area contributed by atoms with Crippen molar-refractivity contribution in [3.8, 4) is 23.5 Å². The van der Waals surface area contributed by atoms with Crippen LogP contribution in [0.25, 0.3) is 11.5 Å². The molecule has 1 saturated heterocycles. The Morgan fingerprint density at radius 2 is 2.12 bits per heavy atom. The number of likely N-dealkylation sites (N-methyl/N-ethyl adjacent to an activating group) is 1. The number of aryl methyl sites for hydroxylation is 1. The summed E-state index contributed by atoms with van der Waals surface area (Å²) in [5.41, 5.74) is 9.26. The molecule has 11 heteroatoms. The number of nitrogen functional groups attached to an aromatic ring is 1. The number of methoxy groups -OCH3 is 1. The smallest absolute Gasteiger partial charge is 0.219 e. The lowest BCUT2D eigenvalue weighted by Gasteiger charge is -2.39. The number of aromatic nitrogens is 3. The highest BCUT2D eigenvalue weighted by molar-refractivity contribution is 7.16. The van der Waals surface area contributed by atoms with E-state index in [-0.39, 0.29) is 11.5 Å². The van der Waals surface area contributed by atoms with Crippen molar-refractivity contribution in [1.29, 1.82) is 5.26 Å². The Morgan fingerprint density at radius 1 is 1.30 bits per heavy atom. The Kier molecular flexibility index (Phi) is 7.42. The number of nitrogens with zero attached hydrogens (tertiary/aromatic N) is 5. The predicted octanol–water partition coefficient (Wildman–Crippen LogP) is 4.53. The van der Waals surface area contributed by atoms with E-state index >= 15 is 0 Å². The van der Waals surface area contributed by atoms with Gasteiger partial charge < -0.3 is 25.0 Å². The number of nitrogens with two attached hydrogens (primary N) is 1. The molecule has 3 aromatic heterocycles. The topological polar surface area (TPSA) is 135 Å². The van der Waals surface area contributed by atoms with E-state index in [0.717, 1.165) is 68.4 Å². The molecule has 6 rings (SSSR count). The van der Waals surface area contributed by atoms with Gasteiger partial charge >= 0.3 is 0 Å². The van der Waals surface area contributed by atoms with Gasteiger partial charge in [0, 0.05) is 36.2 Å². The molecule has 3 aromatic rings. The number of likely N-dealkylation sites (tertiary alicyclic amines) is 1. The molecular formula is C29H37N7O3S. The molecule has 0 bridgehead atoms. The van der Waals surface area contributed by atoms with E-state index in [4.69, 9.17) is 29.7 Å². The van der Waals surface area contributed by atoms with Crippen molar-refractivity contribution >= 4 is 22.2 Å². The molecule has 40 heavy (non-hydrogen) atoms. The van der Waals surface area contributed by atoms with Crippen LogP contribution in [0.1, 0.15) is 72.8 Å². The second-order valence-corrected chi connectivity index (χ2v) is 12.4. The fourth-order valence-electron chi connectivity index (χ4n) is 6.98. The van der Waals surface area contributed by atoms with Gasteiger partial charge in [-0.25, -0.2) is 4.98 Å². The molecule has 1 spiro atoms. The van der Waals surface area contributed by atoms with E-state index in [1.807, 2.05) is 6.07 Å². The van der Waals surface area contributed by atoms with Gasteiger partial charge in [-0.15, -0.1) is 11.3 Å². The van der Waals surface area contributed by atoms with Crippen molar-refractivity contribution in [2.45, 2.75) is 75.9 Å². The molecule has 0 unspecified atom stereocenters. The van der Waals surface area contributed by atoms with Crippen LogP contribution in [0.4, 0.5) is 10.8 Å². The zero-order chi connectivity index (χ0) is 27.9. The number of thiophene rings is 1. The minimum Gasteiger partial charge on any atom is -0.473 e. The lowest BCUT2D eigenvalue weighted by atomic mass is 9.63. The number of hydrogen-bond acceptors (Lipinski definition) is 11. The molecule has 3 aliphatic rings. The molecule has 0 saturated carbocycles. The number of anilines is 2. The summed E-state index contributed by atoms with van der Waals surface area (Å²) in [5.74, 6) is 2.49. The fraction of sp³-hybridized carbons (Fsp3) is 0.586. The summed E-state index contributed by atoms with van der Waals surface area (Å²) < 4.78 is 17.8. The number of rotatable bonds is 8. The van der Waals surface area contributed by atoms with Crippen LogP contribution < -0.4 is 15.8 Å².